The van der Waals surface area contributed by atoms with E-state index in [9.17, 15) is 14.7 Å². The number of para-hydroxylation sites is 2. The van der Waals surface area contributed by atoms with Gasteiger partial charge in [0.05, 0.1) is 41.6 Å². The van der Waals surface area contributed by atoms with Crippen LogP contribution in [0.25, 0.3) is 5.76 Å². The number of Topliss-reactive ketones (excluding diaryl/α,β-unsaturated/α-hetero) is 1. The minimum atomic E-state index is -0.934. The molecule has 0 aliphatic carbocycles. The molecule has 3 aromatic rings. The highest BCUT2D eigenvalue weighted by Gasteiger charge is 2.47. The molecule has 1 heterocycles. The second-order valence-corrected chi connectivity index (χ2v) is 9.39. The summed E-state index contributed by atoms with van der Waals surface area (Å²) in [6.45, 7) is 5.79. The van der Waals surface area contributed by atoms with Gasteiger partial charge in [-0.3, -0.25) is 14.5 Å². The van der Waals surface area contributed by atoms with Crippen LogP contribution in [0, 0.1) is 0 Å². The first-order valence-electron chi connectivity index (χ1n) is 12.1. The molecule has 38 heavy (non-hydrogen) atoms. The molecular weight excluding hydrogens is 527 g/mol. The van der Waals surface area contributed by atoms with E-state index in [1.54, 1.807) is 24.3 Å². The predicted molar refractivity (Wildman–Crippen MR) is 151 cm³/mol. The number of aliphatic hydroxyl groups excluding tert-OH is 1. The van der Waals surface area contributed by atoms with Crippen LogP contribution in [0.1, 0.15) is 31.0 Å². The summed E-state index contributed by atoms with van der Waals surface area (Å²) in [5, 5.41) is 11.8. The predicted octanol–water partition coefficient (Wildman–Crippen LogP) is 6.48. The zero-order valence-corrected chi connectivity index (χ0v) is 23.0. The van der Waals surface area contributed by atoms with Crippen LogP contribution in [0.3, 0.4) is 0 Å². The summed E-state index contributed by atoms with van der Waals surface area (Å²) < 4.78 is 10.7. The lowest BCUT2D eigenvalue weighted by atomic mass is 9.94. The third-order valence-electron chi connectivity index (χ3n) is 6.60. The second kappa shape index (κ2) is 11.4. The van der Waals surface area contributed by atoms with Crippen LogP contribution < -0.4 is 19.3 Å². The van der Waals surface area contributed by atoms with Gasteiger partial charge in [-0.05, 0) is 55.8 Å². The number of hydrogen-bond donors (Lipinski definition) is 1. The summed E-state index contributed by atoms with van der Waals surface area (Å²) in [6, 6.07) is 16.5. The van der Waals surface area contributed by atoms with Gasteiger partial charge in [0.1, 0.15) is 11.5 Å². The Kier molecular flexibility index (Phi) is 8.19. The molecule has 7 nitrogen and oxygen atoms in total. The molecule has 1 unspecified atom stereocenters. The number of hydrogen-bond acceptors (Lipinski definition) is 6. The van der Waals surface area contributed by atoms with Gasteiger partial charge in [0.15, 0.2) is 5.75 Å². The number of aliphatic hydroxyl groups is 1. The van der Waals surface area contributed by atoms with Crippen LogP contribution in [0.15, 0.2) is 66.2 Å². The second-order valence-electron chi connectivity index (χ2n) is 8.58. The van der Waals surface area contributed by atoms with Gasteiger partial charge in [-0.25, -0.2) is 0 Å². The Balaban J connectivity index is 1.95. The van der Waals surface area contributed by atoms with E-state index in [1.165, 1.54) is 31.3 Å². The van der Waals surface area contributed by atoms with Crippen molar-refractivity contribution in [3.05, 3.63) is 87.4 Å². The topological polar surface area (TPSA) is 79.3 Å². The molecule has 1 aliphatic rings. The van der Waals surface area contributed by atoms with Crippen molar-refractivity contribution in [2.24, 2.45) is 0 Å². The number of benzene rings is 3. The molecule has 1 fully saturated rings. The Morgan fingerprint density at radius 2 is 1.55 bits per heavy atom. The van der Waals surface area contributed by atoms with Crippen molar-refractivity contribution >= 4 is 52.0 Å². The standard InChI is InChI=1S/C29H28Cl2N2O5/c1-5-32(6-2)19-13-11-17(12-14-19)25-24(26(34)18-15-20(30)28(38-4)21(31)16-18)27(35)29(36)33(25)22-9-7-8-10-23(22)37-3/h7-16,25,34H,5-6H2,1-4H3/b26-24+. The molecule has 4 rings (SSSR count). The van der Waals surface area contributed by atoms with E-state index in [2.05, 4.69) is 18.7 Å². The Bertz CT molecular complexity index is 1380. The molecule has 0 radical (unpaired) electrons. The van der Waals surface area contributed by atoms with Crippen LogP contribution in [0.4, 0.5) is 11.4 Å². The molecule has 0 spiro atoms. The Morgan fingerprint density at radius 3 is 2.11 bits per heavy atom. The molecular formula is C29H28Cl2N2O5. The van der Waals surface area contributed by atoms with E-state index < -0.39 is 23.5 Å². The first-order chi connectivity index (χ1) is 18.3. The summed E-state index contributed by atoms with van der Waals surface area (Å²) in [4.78, 5) is 30.5. The fraction of sp³-hybridized carbons (Fsp3) is 0.241. The van der Waals surface area contributed by atoms with E-state index in [-0.39, 0.29) is 26.9 Å². The van der Waals surface area contributed by atoms with Gasteiger partial charge in [-0.2, -0.15) is 0 Å². The zero-order chi connectivity index (χ0) is 27.6. The fourth-order valence-electron chi connectivity index (χ4n) is 4.73. The highest BCUT2D eigenvalue weighted by atomic mass is 35.5. The molecule has 0 aromatic heterocycles. The Labute approximate surface area is 231 Å². The molecule has 0 bridgehead atoms. The van der Waals surface area contributed by atoms with Crippen molar-refractivity contribution in [2.75, 3.05) is 37.1 Å². The van der Waals surface area contributed by atoms with Crippen LogP contribution >= 0.6 is 23.2 Å². The molecule has 9 heteroatoms. The number of methoxy groups -OCH3 is 2. The number of ether oxygens (including phenoxy) is 2. The third-order valence-corrected chi connectivity index (χ3v) is 7.16. The fourth-order valence-corrected chi connectivity index (χ4v) is 5.37. The summed E-state index contributed by atoms with van der Waals surface area (Å²) in [6.07, 6.45) is 0. The van der Waals surface area contributed by atoms with Crippen molar-refractivity contribution in [2.45, 2.75) is 19.9 Å². The number of carbonyl (C=O) groups excluding carboxylic acids is 2. The minimum Gasteiger partial charge on any atom is -0.507 e. The molecule has 198 valence electrons. The van der Waals surface area contributed by atoms with Gasteiger partial charge >= 0.3 is 0 Å². The van der Waals surface area contributed by atoms with E-state index in [0.717, 1.165) is 18.8 Å². The van der Waals surface area contributed by atoms with Crippen LogP contribution in [-0.4, -0.2) is 44.1 Å². The van der Waals surface area contributed by atoms with Crippen molar-refractivity contribution in [1.82, 2.24) is 0 Å². The number of anilines is 2. The summed E-state index contributed by atoms with van der Waals surface area (Å²) in [5.41, 5.74) is 2.14. The van der Waals surface area contributed by atoms with Crippen LogP contribution in [0.5, 0.6) is 11.5 Å². The quantitative estimate of drug-likeness (QED) is 0.195. The minimum absolute atomic E-state index is 0.0891. The number of nitrogens with zero attached hydrogens (tertiary/aromatic N) is 2. The molecule has 1 amide bonds. The maximum atomic E-state index is 13.5. The lowest BCUT2D eigenvalue weighted by Crippen LogP contribution is -2.30. The maximum absolute atomic E-state index is 13.5. The normalized spacial score (nSPS) is 16.6. The van der Waals surface area contributed by atoms with Gasteiger partial charge in [0, 0.05) is 24.3 Å². The lowest BCUT2D eigenvalue weighted by Gasteiger charge is -2.27. The maximum Gasteiger partial charge on any atom is 0.300 e. The van der Waals surface area contributed by atoms with E-state index in [0.29, 0.717) is 17.0 Å². The Hall–Kier alpha value is -3.68. The van der Waals surface area contributed by atoms with Crippen LogP contribution in [0.2, 0.25) is 10.0 Å². The van der Waals surface area contributed by atoms with E-state index >= 15 is 0 Å². The molecule has 1 aliphatic heterocycles. The number of amides is 1. The number of carbonyl (C=O) groups is 2. The molecule has 3 aromatic carbocycles. The smallest absolute Gasteiger partial charge is 0.300 e. The third kappa shape index (κ3) is 4.79. The number of rotatable bonds is 8. The monoisotopic (exact) mass is 554 g/mol. The van der Waals surface area contributed by atoms with Gasteiger partial charge < -0.3 is 19.5 Å². The molecule has 1 N–H and O–H groups in total. The van der Waals surface area contributed by atoms with Gasteiger partial charge in [0.25, 0.3) is 11.7 Å². The van der Waals surface area contributed by atoms with Crippen molar-refractivity contribution < 1.29 is 24.2 Å². The van der Waals surface area contributed by atoms with E-state index in [4.69, 9.17) is 32.7 Å². The van der Waals surface area contributed by atoms with Crippen LogP contribution in [-0.2, 0) is 9.59 Å². The average molecular weight is 555 g/mol. The number of ketones is 1. The molecule has 0 saturated carbocycles. The number of halogens is 2. The Morgan fingerprint density at radius 1 is 0.947 bits per heavy atom. The first-order valence-corrected chi connectivity index (χ1v) is 12.8. The first kappa shape index (κ1) is 27.4. The van der Waals surface area contributed by atoms with Crippen molar-refractivity contribution in [3.63, 3.8) is 0 Å². The molecule has 1 saturated heterocycles. The van der Waals surface area contributed by atoms with Gasteiger partial charge in [0.2, 0.25) is 0 Å². The summed E-state index contributed by atoms with van der Waals surface area (Å²) >= 11 is 12.6. The van der Waals surface area contributed by atoms with Crippen molar-refractivity contribution in [1.29, 1.82) is 0 Å². The summed E-state index contributed by atoms with van der Waals surface area (Å²) in [7, 11) is 2.91. The van der Waals surface area contributed by atoms with Gasteiger partial charge in [-0.15, -0.1) is 0 Å². The van der Waals surface area contributed by atoms with Crippen molar-refractivity contribution in [3.8, 4) is 11.5 Å². The largest absolute Gasteiger partial charge is 0.507 e. The van der Waals surface area contributed by atoms with E-state index in [1.807, 2.05) is 24.3 Å². The van der Waals surface area contributed by atoms with Gasteiger partial charge in [-0.1, -0.05) is 47.5 Å². The highest BCUT2D eigenvalue weighted by Crippen LogP contribution is 2.46. The lowest BCUT2D eigenvalue weighted by molar-refractivity contribution is -0.132. The SMILES string of the molecule is CCN(CC)c1ccc(C2/C(=C(\O)c3cc(Cl)c(OC)c(Cl)c3)C(=O)C(=O)N2c2ccccc2OC)cc1. The molecule has 1 atom stereocenters. The highest BCUT2D eigenvalue weighted by molar-refractivity contribution is 6.52. The average Bonchev–Trinajstić information content (AvgIpc) is 3.19. The zero-order valence-electron chi connectivity index (χ0n) is 21.5. The summed E-state index contributed by atoms with van der Waals surface area (Å²) in [5.74, 6) is -1.38.